The highest BCUT2D eigenvalue weighted by molar-refractivity contribution is 6.31. The zero-order valence-corrected chi connectivity index (χ0v) is 16.5. The highest BCUT2D eigenvalue weighted by Crippen LogP contribution is 2.31. The van der Waals surface area contributed by atoms with Crippen LogP contribution in [0.2, 0.25) is 5.02 Å². The first-order chi connectivity index (χ1) is 10.9. The molecule has 0 aromatic heterocycles. The topological polar surface area (TPSA) is 66.0 Å². The van der Waals surface area contributed by atoms with Crippen molar-refractivity contribution >= 4 is 17.5 Å². The summed E-state index contributed by atoms with van der Waals surface area (Å²) in [5.41, 5.74) is 4.04. The minimum absolute atomic E-state index is 0.00912. The van der Waals surface area contributed by atoms with Crippen LogP contribution in [0.1, 0.15) is 60.5 Å². The van der Waals surface area contributed by atoms with E-state index in [4.69, 9.17) is 16.3 Å². The normalized spacial score (nSPS) is 9.78. The lowest BCUT2D eigenvalue weighted by atomic mass is 9.93. The maximum atomic E-state index is 11.6. The number of hydrogen-bond acceptors (Lipinski definition) is 2. The molecule has 0 saturated heterocycles. The SMILES string of the molecule is CC.CC.CCC(=O)NC(C)(C)c1cc(OCC[NH3+])ccc1Cl. The van der Waals surface area contributed by atoms with Crippen LogP contribution in [0.15, 0.2) is 18.2 Å². The van der Waals surface area contributed by atoms with E-state index in [1.165, 1.54) is 0 Å². The lowest BCUT2D eigenvalue weighted by Gasteiger charge is -2.28. The minimum Gasteiger partial charge on any atom is -0.488 e. The summed E-state index contributed by atoms with van der Waals surface area (Å²) in [5.74, 6) is 0.729. The van der Waals surface area contributed by atoms with Crippen LogP contribution in [-0.4, -0.2) is 19.1 Å². The van der Waals surface area contributed by atoms with Gasteiger partial charge < -0.3 is 15.8 Å². The van der Waals surface area contributed by atoms with Gasteiger partial charge in [-0.2, -0.15) is 0 Å². The lowest BCUT2D eigenvalue weighted by Crippen LogP contribution is -2.52. The third-order valence-electron chi connectivity index (χ3n) is 2.80. The molecule has 1 amide bonds. The standard InChI is InChI=1S/C14H21ClN2O2.2C2H6/c1-4-13(18)17-14(2,3)11-9-10(19-8-7-16)5-6-12(11)15;2*1-2/h5-6,9H,4,7-8,16H2,1-3H3,(H,17,18);2*1-2H3/p+1. The number of nitrogens with one attached hydrogen (secondary N) is 1. The smallest absolute Gasteiger partial charge is 0.220 e. The van der Waals surface area contributed by atoms with Gasteiger partial charge in [0.25, 0.3) is 0 Å². The number of carbonyl (C=O) groups excluding carboxylic acids is 1. The summed E-state index contributed by atoms with van der Waals surface area (Å²) in [5, 5.41) is 3.57. The first-order valence-corrected chi connectivity index (χ1v) is 8.81. The van der Waals surface area contributed by atoms with Crippen molar-refractivity contribution in [3.05, 3.63) is 28.8 Å². The molecule has 4 N–H and O–H groups in total. The van der Waals surface area contributed by atoms with Gasteiger partial charge in [-0.1, -0.05) is 46.2 Å². The van der Waals surface area contributed by atoms with E-state index in [-0.39, 0.29) is 5.91 Å². The Hall–Kier alpha value is -1.26. The fourth-order valence-electron chi connectivity index (χ4n) is 1.77. The van der Waals surface area contributed by atoms with Gasteiger partial charge >= 0.3 is 0 Å². The van der Waals surface area contributed by atoms with E-state index < -0.39 is 5.54 Å². The molecule has 0 spiro atoms. The number of ether oxygens (including phenoxy) is 1. The maximum Gasteiger partial charge on any atom is 0.220 e. The number of rotatable bonds is 6. The van der Waals surface area contributed by atoms with Crippen molar-refractivity contribution in [2.75, 3.05) is 13.2 Å². The van der Waals surface area contributed by atoms with Crippen LogP contribution >= 0.6 is 11.6 Å². The molecule has 0 fully saturated rings. The molecule has 1 aromatic carbocycles. The van der Waals surface area contributed by atoms with Crippen molar-refractivity contribution in [1.82, 2.24) is 5.32 Å². The Kier molecular flexibility index (Phi) is 13.8. The second-order valence-corrected chi connectivity index (χ2v) is 5.28. The van der Waals surface area contributed by atoms with Gasteiger partial charge in [-0.15, -0.1) is 0 Å². The number of amides is 1. The Morgan fingerprint density at radius 2 is 1.83 bits per heavy atom. The van der Waals surface area contributed by atoms with Crippen molar-refractivity contribution in [1.29, 1.82) is 0 Å². The predicted octanol–water partition coefficient (Wildman–Crippen LogP) is 3.77. The van der Waals surface area contributed by atoms with E-state index in [1.54, 1.807) is 6.07 Å². The largest absolute Gasteiger partial charge is 0.488 e. The average molecular weight is 346 g/mol. The molecule has 0 unspecified atom stereocenters. The predicted molar refractivity (Wildman–Crippen MR) is 98.9 cm³/mol. The van der Waals surface area contributed by atoms with Crippen LogP contribution in [0.4, 0.5) is 0 Å². The molecule has 0 atom stereocenters. The van der Waals surface area contributed by atoms with Gasteiger partial charge in [0.05, 0.1) is 5.54 Å². The molecular formula is C18H34ClN2O2+. The molecule has 0 heterocycles. The molecule has 0 saturated carbocycles. The number of hydrogen-bond donors (Lipinski definition) is 2. The van der Waals surface area contributed by atoms with Gasteiger partial charge in [0.15, 0.2) is 0 Å². The number of quaternary nitrogens is 1. The van der Waals surface area contributed by atoms with Crippen molar-refractivity contribution in [2.24, 2.45) is 0 Å². The van der Waals surface area contributed by atoms with E-state index in [1.807, 2.05) is 60.6 Å². The van der Waals surface area contributed by atoms with E-state index in [9.17, 15) is 4.79 Å². The monoisotopic (exact) mass is 345 g/mol. The Morgan fingerprint density at radius 1 is 1.26 bits per heavy atom. The molecule has 134 valence electrons. The molecule has 0 aliphatic heterocycles. The fourth-order valence-corrected chi connectivity index (χ4v) is 2.12. The zero-order chi connectivity index (χ0) is 18.5. The van der Waals surface area contributed by atoms with Crippen LogP contribution < -0.4 is 15.8 Å². The average Bonchev–Trinajstić information content (AvgIpc) is 2.57. The summed E-state index contributed by atoms with van der Waals surface area (Å²) >= 11 is 6.22. The zero-order valence-electron chi connectivity index (χ0n) is 15.8. The summed E-state index contributed by atoms with van der Waals surface area (Å²) in [7, 11) is 0. The van der Waals surface area contributed by atoms with Crippen molar-refractivity contribution in [2.45, 2.75) is 60.4 Å². The Bertz CT molecular complexity index is 449. The molecular weight excluding hydrogens is 312 g/mol. The first kappa shape index (κ1) is 24.0. The lowest BCUT2D eigenvalue weighted by molar-refractivity contribution is -0.370. The van der Waals surface area contributed by atoms with Gasteiger partial charge in [-0.25, -0.2) is 0 Å². The van der Waals surface area contributed by atoms with Crippen LogP contribution in [0.3, 0.4) is 0 Å². The van der Waals surface area contributed by atoms with Crippen molar-refractivity contribution < 1.29 is 15.3 Å². The molecule has 4 nitrogen and oxygen atoms in total. The molecule has 1 aromatic rings. The molecule has 23 heavy (non-hydrogen) atoms. The molecule has 0 aliphatic rings. The van der Waals surface area contributed by atoms with Crippen molar-refractivity contribution in [3.63, 3.8) is 0 Å². The highest BCUT2D eigenvalue weighted by atomic mass is 35.5. The van der Waals surface area contributed by atoms with Crippen molar-refractivity contribution in [3.8, 4) is 5.75 Å². The Morgan fingerprint density at radius 3 is 2.30 bits per heavy atom. The van der Waals surface area contributed by atoms with E-state index in [0.717, 1.165) is 11.3 Å². The van der Waals surface area contributed by atoms with E-state index >= 15 is 0 Å². The third kappa shape index (κ3) is 8.82. The first-order valence-electron chi connectivity index (χ1n) is 8.43. The second-order valence-electron chi connectivity index (χ2n) is 4.87. The fraction of sp³-hybridized carbons (Fsp3) is 0.611. The minimum atomic E-state index is -0.534. The number of carbonyl (C=O) groups is 1. The van der Waals surface area contributed by atoms with Crippen LogP contribution in [0.25, 0.3) is 0 Å². The number of halogens is 1. The number of benzene rings is 1. The molecule has 1 rings (SSSR count). The molecule has 0 radical (unpaired) electrons. The quantitative estimate of drug-likeness (QED) is 0.824. The summed E-state index contributed by atoms with van der Waals surface area (Å²) in [4.78, 5) is 11.6. The second kappa shape index (κ2) is 13.2. The molecule has 5 heteroatoms. The van der Waals surface area contributed by atoms with Crippen LogP contribution in [0, 0.1) is 0 Å². The van der Waals surface area contributed by atoms with Gasteiger partial charge in [0, 0.05) is 11.4 Å². The molecule has 0 aliphatic carbocycles. The van der Waals surface area contributed by atoms with Gasteiger partial charge in [0.1, 0.15) is 18.9 Å². The maximum absolute atomic E-state index is 11.6. The van der Waals surface area contributed by atoms with Gasteiger partial charge in [-0.3, -0.25) is 4.79 Å². The van der Waals surface area contributed by atoms with E-state index in [0.29, 0.717) is 24.6 Å². The summed E-state index contributed by atoms with van der Waals surface area (Å²) in [6.45, 7) is 14.9. The van der Waals surface area contributed by atoms with Gasteiger partial charge in [-0.05, 0) is 37.6 Å². The Balaban J connectivity index is 0. The summed E-state index contributed by atoms with van der Waals surface area (Å²) < 4.78 is 5.54. The molecule has 0 bridgehead atoms. The van der Waals surface area contributed by atoms with E-state index in [2.05, 4.69) is 11.1 Å². The Labute approximate surface area is 146 Å². The highest BCUT2D eigenvalue weighted by Gasteiger charge is 2.25. The summed E-state index contributed by atoms with van der Waals surface area (Å²) in [6.07, 6.45) is 0.443. The van der Waals surface area contributed by atoms with Crippen LogP contribution in [0.5, 0.6) is 5.75 Å². The van der Waals surface area contributed by atoms with Crippen LogP contribution in [-0.2, 0) is 10.3 Å². The third-order valence-corrected chi connectivity index (χ3v) is 3.13. The summed E-state index contributed by atoms with van der Waals surface area (Å²) in [6, 6.07) is 5.47. The van der Waals surface area contributed by atoms with Gasteiger partial charge in [0.2, 0.25) is 5.91 Å².